The van der Waals surface area contributed by atoms with E-state index in [9.17, 15) is 4.79 Å². The lowest BCUT2D eigenvalue weighted by molar-refractivity contribution is 0.0504. The number of benzene rings is 1. The fraction of sp³-hybridized carbons (Fsp3) is 0.278. The van der Waals surface area contributed by atoms with Crippen molar-refractivity contribution in [3.8, 4) is 22.6 Å². The summed E-state index contributed by atoms with van der Waals surface area (Å²) >= 11 is 0. The van der Waals surface area contributed by atoms with Crippen LogP contribution in [0.15, 0.2) is 45.5 Å². The van der Waals surface area contributed by atoms with E-state index < -0.39 is 5.63 Å². The second kappa shape index (κ2) is 7.12. The van der Waals surface area contributed by atoms with E-state index in [4.69, 9.17) is 23.4 Å². The zero-order valence-corrected chi connectivity index (χ0v) is 13.5. The fourth-order valence-corrected chi connectivity index (χ4v) is 2.34. The minimum Gasteiger partial charge on any atom is -0.466 e. The van der Waals surface area contributed by atoms with Gasteiger partial charge in [0.05, 0.1) is 19.3 Å². The predicted molar refractivity (Wildman–Crippen MR) is 87.8 cm³/mol. The van der Waals surface area contributed by atoms with Crippen molar-refractivity contribution in [3.63, 3.8) is 0 Å². The van der Waals surface area contributed by atoms with Crippen LogP contribution in [-0.2, 0) is 9.47 Å². The molecule has 0 saturated heterocycles. The number of ether oxygens (including phenoxy) is 4. The average Bonchev–Trinajstić information content (AvgIpc) is 3.02. The smallest absolute Gasteiger partial charge is 0.336 e. The van der Waals surface area contributed by atoms with E-state index in [1.54, 1.807) is 12.1 Å². The maximum Gasteiger partial charge on any atom is 0.336 e. The molecule has 3 rings (SSSR count). The van der Waals surface area contributed by atoms with Crippen molar-refractivity contribution in [2.45, 2.75) is 13.8 Å². The van der Waals surface area contributed by atoms with Gasteiger partial charge in [0.1, 0.15) is 5.76 Å². The molecule has 1 aliphatic heterocycles. The summed E-state index contributed by atoms with van der Waals surface area (Å²) in [5.41, 5.74) is 1.09. The first-order valence-corrected chi connectivity index (χ1v) is 7.72. The van der Waals surface area contributed by atoms with Gasteiger partial charge in [0.2, 0.25) is 6.79 Å². The molecule has 0 bridgehead atoms. The molecular formula is C18H18O6. The molecule has 6 heteroatoms. The van der Waals surface area contributed by atoms with Crippen LogP contribution in [0.4, 0.5) is 0 Å². The molecule has 0 radical (unpaired) electrons. The van der Waals surface area contributed by atoms with Gasteiger partial charge in [-0.3, -0.25) is 0 Å². The molecule has 1 aromatic carbocycles. The van der Waals surface area contributed by atoms with Crippen molar-refractivity contribution in [1.82, 2.24) is 0 Å². The standard InChI is InChI=1S/C18H18O6/c1-3-20-18(21-4-2)10-14-7-13(9-17(19)24-14)12-5-6-15-16(8-12)23-11-22-15/h5-10H,3-4,11H2,1-2H3. The van der Waals surface area contributed by atoms with E-state index in [1.165, 1.54) is 6.07 Å². The molecule has 0 N–H and O–H groups in total. The van der Waals surface area contributed by atoms with Gasteiger partial charge in [-0.15, -0.1) is 0 Å². The Morgan fingerprint density at radius 3 is 2.54 bits per heavy atom. The maximum atomic E-state index is 11.9. The van der Waals surface area contributed by atoms with E-state index >= 15 is 0 Å². The Hall–Kier alpha value is -2.89. The third-order valence-corrected chi connectivity index (χ3v) is 3.33. The third-order valence-electron chi connectivity index (χ3n) is 3.33. The van der Waals surface area contributed by atoms with E-state index in [-0.39, 0.29) is 6.79 Å². The highest BCUT2D eigenvalue weighted by Gasteiger charge is 2.14. The van der Waals surface area contributed by atoms with Crippen molar-refractivity contribution < 1.29 is 23.4 Å². The van der Waals surface area contributed by atoms with Gasteiger partial charge in [-0.05, 0) is 43.2 Å². The highest BCUT2D eigenvalue weighted by atomic mass is 16.7. The van der Waals surface area contributed by atoms with Crippen LogP contribution in [-0.4, -0.2) is 20.0 Å². The van der Waals surface area contributed by atoms with Crippen LogP contribution in [0.5, 0.6) is 11.5 Å². The second-order valence-corrected chi connectivity index (χ2v) is 4.96. The van der Waals surface area contributed by atoms with E-state index in [0.717, 1.165) is 5.56 Å². The molecule has 0 fully saturated rings. The molecule has 24 heavy (non-hydrogen) atoms. The predicted octanol–water partition coefficient (Wildman–Crippen LogP) is 3.41. The molecule has 0 saturated carbocycles. The van der Waals surface area contributed by atoms with Gasteiger partial charge in [-0.2, -0.15) is 0 Å². The number of fused-ring (bicyclic) bond motifs is 1. The first kappa shape index (κ1) is 16.0. The van der Waals surface area contributed by atoms with Crippen LogP contribution in [0, 0.1) is 0 Å². The first-order valence-electron chi connectivity index (χ1n) is 7.72. The van der Waals surface area contributed by atoms with Crippen LogP contribution in [0.3, 0.4) is 0 Å². The van der Waals surface area contributed by atoms with Gasteiger partial charge in [0.15, 0.2) is 11.5 Å². The third kappa shape index (κ3) is 3.53. The summed E-state index contributed by atoms with van der Waals surface area (Å²) in [7, 11) is 0. The summed E-state index contributed by atoms with van der Waals surface area (Å²) in [6, 6.07) is 8.68. The summed E-state index contributed by atoms with van der Waals surface area (Å²) in [6.45, 7) is 4.82. The summed E-state index contributed by atoms with van der Waals surface area (Å²) in [5, 5.41) is 0. The topological polar surface area (TPSA) is 67.1 Å². The molecule has 2 heterocycles. The number of hydrogen-bond donors (Lipinski definition) is 0. The Kier molecular flexibility index (Phi) is 4.74. The van der Waals surface area contributed by atoms with Crippen LogP contribution in [0.2, 0.25) is 0 Å². The molecule has 1 aromatic heterocycles. The van der Waals surface area contributed by atoms with E-state index in [1.807, 2.05) is 32.0 Å². The van der Waals surface area contributed by atoms with Crippen molar-refractivity contribution in [2.75, 3.05) is 20.0 Å². The van der Waals surface area contributed by atoms with Crippen molar-refractivity contribution in [3.05, 3.63) is 52.5 Å². The minimum absolute atomic E-state index is 0.204. The average molecular weight is 330 g/mol. The molecule has 0 amide bonds. The normalized spacial score (nSPS) is 11.9. The maximum absolute atomic E-state index is 11.9. The molecule has 0 aliphatic carbocycles. The summed E-state index contributed by atoms with van der Waals surface area (Å²) < 4.78 is 26.6. The van der Waals surface area contributed by atoms with Crippen LogP contribution >= 0.6 is 0 Å². The molecule has 1 aliphatic rings. The van der Waals surface area contributed by atoms with Crippen molar-refractivity contribution in [1.29, 1.82) is 0 Å². The monoisotopic (exact) mass is 330 g/mol. The van der Waals surface area contributed by atoms with Crippen molar-refractivity contribution in [2.24, 2.45) is 0 Å². The van der Waals surface area contributed by atoms with Crippen LogP contribution in [0.25, 0.3) is 17.2 Å². The fourth-order valence-electron chi connectivity index (χ4n) is 2.34. The minimum atomic E-state index is -0.455. The Balaban J connectivity index is 1.97. The largest absolute Gasteiger partial charge is 0.466 e. The Morgan fingerprint density at radius 1 is 1.04 bits per heavy atom. The summed E-state index contributed by atoms with van der Waals surface area (Å²) in [6.07, 6.45) is 1.56. The molecule has 0 unspecified atom stereocenters. The van der Waals surface area contributed by atoms with Gasteiger partial charge in [0.25, 0.3) is 5.95 Å². The number of hydrogen-bond acceptors (Lipinski definition) is 6. The quantitative estimate of drug-likeness (QED) is 0.756. The zero-order valence-electron chi connectivity index (χ0n) is 13.5. The molecule has 0 atom stereocenters. The second-order valence-electron chi connectivity index (χ2n) is 4.96. The zero-order chi connectivity index (χ0) is 16.9. The summed E-state index contributed by atoms with van der Waals surface area (Å²) in [4.78, 5) is 11.9. The molecule has 6 nitrogen and oxygen atoms in total. The number of rotatable bonds is 6. The summed E-state index contributed by atoms with van der Waals surface area (Å²) in [5.74, 6) is 2.01. The van der Waals surface area contributed by atoms with Crippen LogP contribution in [0.1, 0.15) is 19.6 Å². The molecular weight excluding hydrogens is 312 g/mol. The lowest BCUT2D eigenvalue weighted by Crippen LogP contribution is -2.01. The Bertz CT molecular complexity index is 797. The Morgan fingerprint density at radius 2 is 1.79 bits per heavy atom. The molecule has 2 aromatic rings. The van der Waals surface area contributed by atoms with Gasteiger partial charge >= 0.3 is 5.63 Å². The molecule has 126 valence electrons. The highest BCUT2D eigenvalue weighted by molar-refractivity contribution is 5.68. The van der Waals surface area contributed by atoms with Gasteiger partial charge < -0.3 is 23.4 Å². The van der Waals surface area contributed by atoms with Crippen molar-refractivity contribution >= 4 is 6.08 Å². The Labute approximate surface area is 139 Å². The van der Waals surface area contributed by atoms with Crippen LogP contribution < -0.4 is 15.1 Å². The lowest BCUT2D eigenvalue weighted by atomic mass is 10.1. The highest BCUT2D eigenvalue weighted by Crippen LogP contribution is 2.35. The van der Waals surface area contributed by atoms with Gasteiger partial charge in [-0.1, -0.05) is 6.07 Å². The SMILES string of the molecule is CCOC(=Cc1cc(-c2ccc3c(c2)OCO3)cc(=O)o1)OCC. The first-order chi connectivity index (χ1) is 11.7. The van der Waals surface area contributed by atoms with E-state index in [0.29, 0.717) is 42.0 Å². The van der Waals surface area contributed by atoms with Gasteiger partial charge in [0, 0.05) is 6.07 Å². The van der Waals surface area contributed by atoms with Gasteiger partial charge in [-0.25, -0.2) is 4.79 Å². The lowest BCUT2D eigenvalue weighted by Gasteiger charge is -2.08. The molecule has 0 spiro atoms. The van der Waals surface area contributed by atoms with E-state index in [2.05, 4.69) is 0 Å².